The normalized spacial score (nSPS) is 23.2. The molecular weight excluding hydrogens is 596 g/mol. The van der Waals surface area contributed by atoms with Crippen molar-refractivity contribution in [2.45, 2.75) is 78.4 Å². The molecule has 0 aromatic heterocycles. The van der Waals surface area contributed by atoms with Crippen LogP contribution in [0.1, 0.15) is 67.2 Å². The Hall–Kier alpha value is -2.36. The van der Waals surface area contributed by atoms with E-state index in [-0.39, 0.29) is 37.2 Å². The molecule has 0 aliphatic carbocycles. The Morgan fingerprint density at radius 2 is 0.761 bits per heavy atom. The molecule has 4 heterocycles. The van der Waals surface area contributed by atoms with Crippen LogP contribution in [0.15, 0.2) is 0 Å². The Balaban J connectivity index is 1.04. The molecule has 0 radical (unpaired) electrons. The average molecular weight is 653 g/mol. The van der Waals surface area contributed by atoms with Gasteiger partial charge in [0.15, 0.2) is 0 Å². The molecule has 0 aromatic rings. The van der Waals surface area contributed by atoms with Gasteiger partial charge in [-0.25, -0.2) is 29.6 Å². The number of carbonyl (C=O) groups excluding carboxylic acids is 4. The lowest BCUT2D eigenvalue weighted by Gasteiger charge is -2.43. The minimum atomic E-state index is -0.974. The molecule has 4 rings (SSSR count). The molecule has 14 heteroatoms. The van der Waals surface area contributed by atoms with E-state index in [0.717, 1.165) is 78.0 Å². The van der Waals surface area contributed by atoms with Gasteiger partial charge in [0, 0.05) is 78.5 Å². The molecule has 4 aliphatic heterocycles. The topological polar surface area (TPSA) is 125 Å². The second-order valence-electron chi connectivity index (χ2n) is 14.8. The molecule has 46 heavy (non-hydrogen) atoms. The highest BCUT2D eigenvalue weighted by atomic mass is 16.6. The van der Waals surface area contributed by atoms with Gasteiger partial charge >= 0.3 is 23.9 Å². The molecule has 0 aromatic carbocycles. The van der Waals surface area contributed by atoms with Crippen molar-refractivity contribution >= 4 is 23.9 Å². The van der Waals surface area contributed by atoms with Gasteiger partial charge in [0.05, 0.1) is 11.8 Å². The van der Waals surface area contributed by atoms with Crippen molar-refractivity contribution in [3.05, 3.63) is 0 Å². The van der Waals surface area contributed by atoms with Crippen molar-refractivity contribution in [3.63, 3.8) is 0 Å². The number of piperazine rings is 2. The Bertz CT molecular complexity index is 948. The van der Waals surface area contributed by atoms with Gasteiger partial charge in [-0.05, 0) is 67.2 Å². The average Bonchev–Trinajstić information content (AvgIpc) is 3.01. The fourth-order valence-electron chi connectivity index (χ4n) is 6.26. The lowest BCUT2D eigenvalue weighted by Crippen LogP contribution is -2.56. The van der Waals surface area contributed by atoms with Gasteiger partial charge in [0.1, 0.15) is 24.7 Å². The molecule has 4 aliphatic rings. The number of ether oxygens (including phenoxy) is 4. The number of esters is 4. The van der Waals surface area contributed by atoms with Gasteiger partial charge < -0.3 is 18.9 Å². The molecule has 0 atom stereocenters. The fourth-order valence-corrected chi connectivity index (χ4v) is 6.26. The van der Waals surface area contributed by atoms with Gasteiger partial charge in [-0.1, -0.05) is 0 Å². The SMILES string of the molecule is CC(C)(C)OC(=O)C1CCN(N2CCN(COC(=O)C(=O)OCN3CCN(N4CCC(C(=O)OC(C)(C)C)CC4)CC3)CC2)CC1. The number of hydrazine groups is 2. The van der Waals surface area contributed by atoms with Crippen molar-refractivity contribution in [1.29, 1.82) is 0 Å². The number of hydrogen-bond acceptors (Lipinski definition) is 14. The molecule has 4 saturated heterocycles. The van der Waals surface area contributed by atoms with Crippen LogP contribution in [-0.4, -0.2) is 157 Å². The first-order chi connectivity index (χ1) is 21.7. The number of piperidine rings is 2. The van der Waals surface area contributed by atoms with Crippen LogP contribution in [0.2, 0.25) is 0 Å². The predicted molar refractivity (Wildman–Crippen MR) is 168 cm³/mol. The van der Waals surface area contributed by atoms with E-state index in [0.29, 0.717) is 26.2 Å². The second kappa shape index (κ2) is 16.2. The smallest absolute Gasteiger partial charge is 0.418 e. The summed E-state index contributed by atoms with van der Waals surface area (Å²) in [6.45, 7) is 20.7. The van der Waals surface area contributed by atoms with Crippen LogP contribution in [0.25, 0.3) is 0 Å². The number of carbonyl (C=O) groups is 4. The standard InChI is InChI=1S/C32H56N6O8/c1-31(2,3)45-27(39)25-7-11-35(12-8-25)37-19-15-33(16-20-37)23-43-29(41)30(42)44-24-34-17-21-38(22-18-34)36-13-9-26(10-14-36)28(40)46-32(4,5)6/h25-26H,7-24H2,1-6H3. The van der Waals surface area contributed by atoms with Gasteiger partial charge in [0.25, 0.3) is 0 Å². The minimum absolute atomic E-state index is 0.0474. The Morgan fingerprint density at radius 1 is 0.478 bits per heavy atom. The van der Waals surface area contributed by atoms with E-state index in [1.54, 1.807) is 0 Å². The van der Waals surface area contributed by atoms with E-state index in [2.05, 4.69) is 20.0 Å². The maximum absolute atomic E-state index is 12.4. The summed E-state index contributed by atoms with van der Waals surface area (Å²) < 4.78 is 21.6. The summed E-state index contributed by atoms with van der Waals surface area (Å²) in [4.78, 5) is 53.4. The van der Waals surface area contributed by atoms with Crippen molar-refractivity contribution in [2.75, 3.05) is 92.0 Å². The quantitative estimate of drug-likeness (QED) is 0.212. The molecule has 0 saturated carbocycles. The first-order valence-corrected chi connectivity index (χ1v) is 16.9. The van der Waals surface area contributed by atoms with Crippen molar-refractivity contribution in [3.8, 4) is 0 Å². The minimum Gasteiger partial charge on any atom is -0.460 e. The van der Waals surface area contributed by atoms with Gasteiger partial charge in [-0.15, -0.1) is 0 Å². The highest BCUT2D eigenvalue weighted by Crippen LogP contribution is 2.24. The van der Waals surface area contributed by atoms with E-state index in [4.69, 9.17) is 18.9 Å². The zero-order chi connectivity index (χ0) is 33.5. The molecule has 4 fully saturated rings. The summed E-state index contributed by atoms with van der Waals surface area (Å²) >= 11 is 0. The molecule has 0 N–H and O–H groups in total. The summed E-state index contributed by atoms with van der Waals surface area (Å²) in [5, 5.41) is 9.19. The van der Waals surface area contributed by atoms with Gasteiger partial charge in [-0.2, -0.15) is 0 Å². The maximum Gasteiger partial charge on any atom is 0.418 e. The van der Waals surface area contributed by atoms with Crippen LogP contribution < -0.4 is 0 Å². The zero-order valence-corrected chi connectivity index (χ0v) is 28.8. The Labute approximate surface area is 274 Å². The molecular formula is C32H56N6O8. The highest BCUT2D eigenvalue weighted by molar-refractivity contribution is 6.29. The fraction of sp³-hybridized carbons (Fsp3) is 0.875. The largest absolute Gasteiger partial charge is 0.460 e. The third kappa shape index (κ3) is 11.4. The summed E-state index contributed by atoms with van der Waals surface area (Å²) in [7, 11) is 0. The number of nitrogens with zero attached hydrogens (tertiary/aromatic N) is 6. The lowest BCUT2D eigenvalue weighted by molar-refractivity contribution is -0.176. The molecule has 0 spiro atoms. The van der Waals surface area contributed by atoms with Crippen LogP contribution in [0.4, 0.5) is 0 Å². The third-order valence-corrected chi connectivity index (χ3v) is 8.84. The van der Waals surface area contributed by atoms with Crippen molar-refractivity contribution in [1.82, 2.24) is 29.8 Å². The van der Waals surface area contributed by atoms with Crippen LogP contribution in [0.3, 0.4) is 0 Å². The number of hydrogen-bond donors (Lipinski definition) is 0. The van der Waals surface area contributed by atoms with E-state index in [1.165, 1.54) is 0 Å². The van der Waals surface area contributed by atoms with Crippen LogP contribution >= 0.6 is 0 Å². The first-order valence-electron chi connectivity index (χ1n) is 16.9. The maximum atomic E-state index is 12.4. The Morgan fingerprint density at radius 3 is 1.04 bits per heavy atom. The van der Waals surface area contributed by atoms with Crippen LogP contribution in [0, 0.1) is 11.8 Å². The summed E-state index contributed by atoms with van der Waals surface area (Å²) in [5.41, 5.74) is -0.931. The number of rotatable bonds is 8. The summed E-state index contributed by atoms with van der Waals surface area (Å²) in [6, 6.07) is 0. The molecule has 14 nitrogen and oxygen atoms in total. The molecule has 0 amide bonds. The Kier molecular flexibility index (Phi) is 12.8. The third-order valence-electron chi connectivity index (χ3n) is 8.84. The van der Waals surface area contributed by atoms with Crippen LogP contribution in [-0.2, 0) is 38.1 Å². The zero-order valence-electron chi connectivity index (χ0n) is 28.8. The second-order valence-corrected chi connectivity index (χ2v) is 14.8. The van der Waals surface area contributed by atoms with E-state index >= 15 is 0 Å². The van der Waals surface area contributed by atoms with Crippen molar-refractivity contribution < 1.29 is 38.1 Å². The lowest BCUT2D eigenvalue weighted by atomic mass is 9.97. The molecule has 0 unspecified atom stereocenters. The molecule has 262 valence electrons. The predicted octanol–water partition coefficient (Wildman–Crippen LogP) is 1.16. The highest BCUT2D eigenvalue weighted by Gasteiger charge is 2.34. The van der Waals surface area contributed by atoms with Gasteiger partial charge in [0.2, 0.25) is 0 Å². The van der Waals surface area contributed by atoms with Crippen molar-refractivity contribution in [2.24, 2.45) is 11.8 Å². The van der Waals surface area contributed by atoms with Crippen LogP contribution in [0.5, 0.6) is 0 Å². The summed E-state index contributed by atoms with van der Waals surface area (Å²) in [5.74, 6) is -2.27. The molecule has 0 bridgehead atoms. The first kappa shape index (κ1) is 36.5. The van der Waals surface area contributed by atoms with E-state index < -0.39 is 23.1 Å². The summed E-state index contributed by atoms with van der Waals surface area (Å²) in [6.07, 6.45) is 3.11. The van der Waals surface area contributed by atoms with Gasteiger partial charge in [-0.3, -0.25) is 19.4 Å². The van der Waals surface area contributed by atoms with E-state index in [1.807, 2.05) is 51.3 Å². The monoisotopic (exact) mass is 652 g/mol. The van der Waals surface area contributed by atoms with E-state index in [9.17, 15) is 19.2 Å².